The Balaban J connectivity index is 1.44. The van der Waals surface area contributed by atoms with Gasteiger partial charge in [-0.1, -0.05) is 30.3 Å². The first-order valence-electron chi connectivity index (χ1n) is 11.3. The van der Waals surface area contributed by atoms with Crippen molar-refractivity contribution in [2.24, 2.45) is 5.92 Å². The van der Waals surface area contributed by atoms with Crippen LogP contribution in [0.4, 0.5) is 10.1 Å². The van der Waals surface area contributed by atoms with Gasteiger partial charge in [-0.25, -0.2) is 4.39 Å². The van der Waals surface area contributed by atoms with Crippen LogP contribution in [0.5, 0.6) is 0 Å². The maximum absolute atomic E-state index is 13.2. The summed E-state index contributed by atoms with van der Waals surface area (Å²) >= 11 is 0. The molecule has 2 heterocycles. The number of hydrogen-bond acceptors (Lipinski definition) is 3. The Kier molecular flexibility index (Phi) is 6.97. The van der Waals surface area contributed by atoms with Gasteiger partial charge in [0.1, 0.15) is 11.9 Å². The van der Waals surface area contributed by atoms with Gasteiger partial charge in [-0.2, -0.15) is 0 Å². The Morgan fingerprint density at radius 3 is 2.16 bits per heavy atom. The molecular weight excluding hydrogens is 393 g/mol. The van der Waals surface area contributed by atoms with Crippen molar-refractivity contribution >= 4 is 17.5 Å². The Morgan fingerprint density at radius 2 is 1.52 bits per heavy atom. The first-order chi connectivity index (χ1) is 15.1. The molecule has 0 saturated carbocycles. The molecule has 2 aromatic rings. The summed E-state index contributed by atoms with van der Waals surface area (Å²) < 4.78 is 13.2. The fourth-order valence-electron chi connectivity index (χ4n) is 4.68. The van der Waals surface area contributed by atoms with Crippen molar-refractivity contribution in [3.05, 3.63) is 66.0 Å². The number of nitrogens with zero attached hydrogens (tertiary/aromatic N) is 2. The number of amides is 2. The third-order valence-corrected chi connectivity index (χ3v) is 6.39. The van der Waals surface area contributed by atoms with Gasteiger partial charge in [0, 0.05) is 24.7 Å². The van der Waals surface area contributed by atoms with Gasteiger partial charge in [-0.15, -0.1) is 0 Å². The zero-order valence-corrected chi connectivity index (χ0v) is 17.8. The smallest absolute Gasteiger partial charge is 0.246 e. The second-order valence-corrected chi connectivity index (χ2v) is 8.51. The molecule has 2 saturated heterocycles. The Bertz CT molecular complexity index is 873. The molecule has 1 N–H and O–H groups in total. The number of piperidine rings is 2. The lowest BCUT2D eigenvalue weighted by Gasteiger charge is -2.38. The van der Waals surface area contributed by atoms with E-state index in [4.69, 9.17) is 0 Å². The fourth-order valence-corrected chi connectivity index (χ4v) is 4.68. The van der Waals surface area contributed by atoms with E-state index in [0.29, 0.717) is 18.8 Å². The first-order valence-corrected chi connectivity index (χ1v) is 11.3. The molecule has 1 atom stereocenters. The molecule has 2 aromatic carbocycles. The minimum atomic E-state index is -0.447. The first kappa shape index (κ1) is 21.5. The normalized spacial score (nSPS) is 19.1. The van der Waals surface area contributed by atoms with E-state index in [1.54, 1.807) is 12.1 Å². The molecule has 0 bridgehead atoms. The summed E-state index contributed by atoms with van der Waals surface area (Å²) in [5.41, 5.74) is 1.49. The van der Waals surface area contributed by atoms with Gasteiger partial charge in [0.25, 0.3) is 0 Å². The molecule has 0 spiro atoms. The number of hydrogen-bond donors (Lipinski definition) is 1. The molecule has 2 aliphatic rings. The van der Waals surface area contributed by atoms with E-state index in [-0.39, 0.29) is 23.5 Å². The summed E-state index contributed by atoms with van der Waals surface area (Å²) in [6.07, 6.45) is 4.95. The van der Waals surface area contributed by atoms with Crippen molar-refractivity contribution in [1.82, 2.24) is 9.80 Å². The number of anilines is 1. The summed E-state index contributed by atoms with van der Waals surface area (Å²) in [6.45, 7) is 3.15. The van der Waals surface area contributed by atoms with E-state index in [1.807, 2.05) is 35.2 Å². The van der Waals surface area contributed by atoms with Gasteiger partial charge in [0.2, 0.25) is 11.8 Å². The Morgan fingerprint density at radius 1 is 0.871 bits per heavy atom. The number of halogens is 1. The van der Waals surface area contributed by atoms with E-state index >= 15 is 0 Å². The van der Waals surface area contributed by atoms with E-state index in [1.165, 1.54) is 18.6 Å². The summed E-state index contributed by atoms with van der Waals surface area (Å²) in [7, 11) is 0. The molecular formula is C25H30FN3O2. The van der Waals surface area contributed by atoms with Gasteiger partial charge in [-0.3, -0.25) is 14.5 Å². The van der Waals surface area contributed by atoms with E-state index in [0.717, 1.165) is 44.3 Å². The van der Waals surface area contributed by atoms with Crippen LogP contribution >= 0.6 is 0 Å². The number of carbonyl (C=O) groups excluding carboxylic acids is 2. The van der Waals surface area contributed by atoms with Crippen LogP contribution in [0.15, 0.2) is 54.6 Å². The molecule has 164 valence electrons. The van der Waals surface area contributed by atoms with Crippen LogP contribution in [0.2, 0.25) is 0 Å². The van der Waals surface area contributed by atoms with Crippen molar-refractivity contribution in [3.8, 4) is 0 Å². The summed E-state index contributed by atoms with van der Waals surface area (Å²) in [6, 6.07) is 15.1. The average molecular weight is 424 g/mol. The molecule has 5 nitrogen and oxygen atoms in total. The summed E-state index contributed by atoms with van der Waals surface area (Å²) in [5.74, 6) is -0.144. The summed E-state index contributed by atoms with van der Waals surface area (Å²) in [4.78, 5) is 30.3. The van der Waals surface area contributed by atoms with Crippen LogP contribution in [-0.4, -0.2) is 47.8 Å². The molecule has 0 unspecified atom stereocenters. The van der Waals surface area contributed by atoms with Crippen LogP contribution in [0.1, 0.15) is 43.7 Å². The predicted molar refractivity (Wildman–Crippen MR) is 119 cm³/mol. The molecule has 2 aliphatic heterocycles. The quantitative estimate of drug-likeness (QED) is 0.783. The molecule has 0 radical (unpaired) electrons. The van der Waals surface area contributed by atoms with E-state index in [9.17, 15) is 14.0 Å². The minimum absolute atomic E-state index is 0.0472. The third-order valence-electron chi connectivity index (χ3n) is 6.39. The monoisotopic (exact) mass is 423 g/mol. The summed E-state index contributed by atoms with van der Waals surface area (Å²) in [5, 5.41) is 2.93. The minimum Gasteiger partial charge on any atom is -0.342 e. The largest absolute Gasteiger partial charge is 0.342 e. The highest BCUT2D eigenvalue weighted by Crippen LogP contribution is 2.29. The lowest BCUT2D eigenvalue weighted by molar-refractivity contribution is -0.138. The van der Waals surface area contributed by atoms with Crippen LogP contribution in [0.3, 0.4) is 0 Å². The zero-order valence-electron chi connectivity index (χ0n) is 17.8. The third kappa shape index (κ3) is 5.31. The van der Waals surface area contributed by atoms with Crippen LogP contribution in [0.25, 0.3) is 0 Å². The zero-order chi connectivity index (χ0) is 21.6. The lowest BCUT2D eigenvalue weighted by Crippen LogP contribution is -2.47. The number of likely N-dealkylation sites (tertiary alicyclic amines) is 2. The second-order valence-electron chi connectivity index (χ2n) is 8.51. The number of benzene rings is 2. The lowest BCUT2D eigenvalue weighted by atomic mass is 9.92. The van der Waals surface area contributed by atoms with Crippen LogP contribution < -0.4 is 5.32 Å². The van der Waals surface area contributed by atoms with Crippen molar-refractivity contribution in [2.45, 2.75) is 38.1 Å². The topological polar surface area (TPSA) is 52.7 Å². The number of rotatable bonds is 5. The van der Waals surface area contributed by atoms with E-state index in [2.05, 4.69) is 10.2 Å². The maximum atomic E-state index is 13.2. The molecule has 2 amide bonds. The fraction of sp³-hybridized carbons (Fsp3) is 0.440. The molecule has 4 rings (SSSR count). The molecule has 6 heteroatoms. The maximum Gasteiger partial charge on any atom is 0.246 e. The molecule has 31 heavy (non-hydrogen) atoms. The van der Waals surface area contributed by atoms with Gasteiger partial charge in [0.05, 0.1) is 0 Å². The van der Waals surface area contributed by atoms with Gasteiger partial charge in [0.15, 0.2) is 0 Å². The van der Waals surface area contributed by atoms with Crippen molar-refractivity contribution in [1.29, 1.82) is 0 Å². The number of carbonyl (C=O) groups is 2. The average Bonchev–Trinajstić information content (AvgIpc) is 2.82. The Labute approximate surface area is 183 Å². The molecule has 2 fully saturated rings. The Hall–Kier alpha value is -2.73. The van der Waals surface area contributed by atoms with Gasteiger partial charge in [-0.05, 0) is 75.0 Å². The van der Waals surface area contributed by atoms with E-state index < -0.39 is 6.04 Å². The van der Waals surface area contributed by atoms with Crippen LogP contribution in [-0.2, 0) is 9.59 Å². The van der Waals surface area contributed by atoms with Crippen molar-refractivity contribution in [3.63, 3.8) is 0 Å². The van der Waals surface area contributed by atoms with Crippen LogP contribution in [0, 0.1) is 11.7 Å². The van der Waals surface area contributed by atoms with Crippen molar-refractivity contribution in [2.75, 3.05) is 31.5 Å². The second kappa shape index (κ2) is 10.1. The standard InChI is InChI=1S/C25H30FN3O2/c26-21-9-11-22(12-10-21)27-24(30)23(19-7-3-1-4-8-19)28-17-13-20(14-18-28)25(31)29-15-5-2-6-16-29/h1,3-4,7-12,20,23H,2,5-6,13-18H2,(H,27,30)/t23-/m1/s1. The number of nitrogens with one attached hydrogen (secondary N) is 1. The molecule has 0 aliphatic carbocycles. The van der Waals surface area contributed by atoms with Gasteiger partial charge < -0.3 is 10.2 Å². The highest BCUT2D eigenvalue weighted by Gasteiger charge is 2.34. The van der Waals surface area contributed by atoms with Gasteiger partial charge >= 0.3 is 0 Å². The highest BCUT2D eigenvalue weighted by atomic mass is 19.1. The predicted octanol–water partition coefficient (Wildman–Crippen LogP) is 4.23. The van der Waals surface area contributed by atoms with Crippen molar-refractivity contribution < 1.29 is 14.0 Å². The SMILES string of the molecule is O=C(Nc1ccc(F)cc1)[C@@H](c1ccccc1)N1CCC(C(=O)N2CCCCC2)CC1. The highest BCUT2D eigenvalue weighted by molar-refractivity contribution is 5.95. The molecule has 0 aromatic heterocycles.